The number of hydrogen-bond donors (Lipinski definition) is 1. The second-order valence-corrected chi connectivity index (χ2v) is 4.62. The van der Waals surface area contributed by atoms with Crippen molar-refractivity contribution in [1.29, 1.82) is 0 Å². The van der Waals surface area contributed by atoms with Crippen molar-refractivity contribution in [2.75, 3.05) is 19.1 Å². The van der Waals surface area contributed by atoms with E-state index in [-0.39, 0.29) is 6.04 Å². The number of nitrogens with zero attached hydrogens (tertiary/aromatic N) is 1. The third-order valence-electron chi connectivity index (χ3n) is 3.10. The molecule has 0 fully saturated rings. The Balaban J connectivity index is 2.32. The maximum atomic E-state index is 6.07. The minimum atomic E-state index is -0.0924. The highest BCUT2D eigenvalue weighted by molar-refractivity contribution is 5.60. The first-order chi connectivity index (χ1) is 9.13. The monoisotopic (exact) mass is 260 g/mol. The van der Waals surface area contributed by atoms with E-state index in [1.165, 1.54) is 0 Å². The molecule has 2 aromatic rings. The summed E-state index contributed by atoms with van der Waals surface area (Å²) in [5.74, 6) is 1.74. The van der Waals surface area contributed by atoms with Crippen molar-refractivity contribution in [1.82, 2.24) is 0 Å². The van der Waals surface area contributed by atoms with Crippen LogP contribution >= 0.6 is 0 Å². The van der Waals surface area contributed by atoms with Crippen molar-refractivity contribution < 1.29 is 9.15 Å². The predicted molar refractivity (Wildman–Crippen MR) is 76.4 cm³/mol. The fourth-order valence-electron chi connectivity index (χ4n) is 2.22. The predicted octanol–water partition coefficient (Wildman–Crippen LogP) is 2.94. The van der Waals surface area contributed by atoms with Gasteiger partial charge in [0.1, 0.15) is 11.5 Å². The molecule has 1 aromatic carbocycles. The molecule has 4 nitrogen and oxygen atoms in total. The van der Waals surface area contributed by atoms with Crippen molar-refractivity contribution in [3.63, 3.8) is 0 Å². The average Bonchev–Trinajstić information content (AvgIpc) is 2.90. The molecule has 1 heterocycles. The van der Waals surface area contributed by atoms with Crippen molar-refractivity contribution in [3.8, 4) is 5.75 Å². The normalized spacial score (nSPS) is 12.2. The number of nitrogens with two attached hydrogens (primary N) is 1. The molecule has 0 aliphatic carbocycles. The number of hydrogen-bond acceptors (Lipinski definition) is 4. The van der Waals surface area contributed by atoms with Crippen LogP contribution in [0.15, 0.2) is 41.0 Å². The Kier molecular flexibility index (Phi) is 4.12. The molecule has 102 valence electrons. The average molecular weight is 260 g/mol. The summed E-state index contributed by atoms with van der Waals surface area (Å²) in [6.45, 7) is 2.65. The van der Waals surface area contributed by atoms with Gasteiger partial charge in [-0.2, -0.15) is 0 Å². The quantitative estimate of drug-likeness (QED) is 0.898. The third-order valence-corrected chi connectivity index (χ3v) is 3.10. The lowest BCUT2D eigenvalue weighted by atomic mass is 10.0. The first kappa shape index (κ1) is 13.5. The van der Waals surface area contributed by atoms with Gasteiger partial charge in [-0.05, 0) is 31.2 Å². The van der Waals surface area contributed by atoms with Crippen LogP contribution < -0.4 is 15.4 Å². The van der Waals surface area contributed by atoms with E-state index in [9.17, 15) is 0 Å². The second-order valence-electron chi connectivity index (χ2n) is 4.62. The van der Waals surface area contributed by atoms with E-state index in [4.69, 9.17) is 14.9 Å². The third kappa shape index (κ3) is 2.90. The maximum absolute atomic E-state index is 6.07. The van der Waals surface area contributed by atoms with E-state index in [0.29, 0.717) is 6.54 Å². The molecule has 0 spiro atoms. The minimum absolute atomic E-state index is 0.0924. The van der Waals surface area contributed by atoms with E-state index in [0.717, 1.165) is 22.8 Å². The molecule has 0 bridgehead atoms. The standard InChI is InChI=1S/C15H20N2O2/c1-11(16)15-13(7-4-8-14(15)18-3)17(2)10-12-6-5-9-19-12/h4-9,11H,10,16H2,1-3H3/t11-/m0/s1. The van der Waals surface area contributed by atoms with E-state index in [1.807, 2.05) is 44.3 Å². The summed E-state index contributed by atoms with van der Waals surface area (Å²) in [4.78, 5) is 2.11. The van der Waals surface area contributed by atoms with Crippen LogP contribution in [0.1, 0.15) is 24.3 Å². The molecular weight excluding hydrogens is 240 g/mol. The van der Waals surface area contributed by atoms with E-state index in [2.05, 4.69) is 4.90 Å². The fourth-order valence-corrected chi connectivity index (χ4v) is 2.22. The summed E-state index contributed by atoms with van der Waals surface area (Å²) in [6, 6.07) is 9.71. The highest BCUT2D eigenvalue weighted by atomic mass is 16.5. The van der Waals surface area contributed by atoms with Crippen LogP contribution in [0.3, 0.4) is 0 Å². The SMILES string of the molecule is COc1cccc(N(C)Cc2ccco2)c1[C@H](C)N. The van der Waals surface area contributed by atoms with E-state index < -0.39 is 0 Å². The largest absolute Gasteiger partial charge is 0.496 e. The zero-order chi connectivity index (χ0) is 13.8. The molecule has 0 aliphatic heterocycles. The molecule has 0 saturated heterocycles. The van der Waals surface area contributed by atoms with Crippen LogP contribution in [0.2, 0.25) is 0 Å². The Morgan fingerprint density at radius 3 is 2.68 bits per heavy atom. The zero-order valence-electron chi connectivity index (χ0n) is 11.6. The molecule has 0 unspecified atom stereocenters. The van der Waals surface area contributed by atoms with Crippen LogP contribution in [0, 0.1) is 0 Å². The highest BCUT2D eigenvalue weighted by Gasteiger charge is 2.16. The molecule has 0 saturated carbocycles. The molecule has 0 aliphatic rings. The van der Waals surface area contributed by atoms with Gasteiger partial charge in [-0.25, -0.2) is 0 Å². The Bertz CT molecular complexity index is 521. The molecule has 0 amide bonds. The van der Waals surface area contributed by atoms with Gasteiger partial charge in [0.15, 0.2) is 0 Å². The summed E-state index contributed by atoms with van der Waals surface area (Å²) < 4.78 is 10.8. The van der Waals surface area contributed by atoms with E-state index in [1.54, 1.807) is 13.4 Å². The Labute approximate surface area is 113 Å². The number of rotatable bonds is 5. The fraction of sp³-hybridized carbons (Fsp3) is 0.333. The summed E-state index contributed by atoms with van der Waals surface area (Å²) in [5.41, 5.74) is 8.15. The number of furan rings is 1. The maximum Gasteiger partial charge on any atom is 0.125 e. The molecule has 0 radical (unpaired) electrons. The van der Waals surface area contributed by atoms with Crippen LogP contribution in [0.25, 0.3) is 0 Å². The molecule has 1 atom stereocenters. The van der Waals surface area contributed by atoms with E-state index >= 15 is 0 Å². The second kappa shape index (κ2) is 5.80. The van der Waals surface area contributed by atoms with Crippen LogP contribution in [0.5, 0.6) is 5.75 Å². The number of anilines is 1. The molecule has 2 rings (SSSR count). The minimum Gasteiger partial charge on any atom is -0.496 e. The Morgan fingerprint density at radius 1 is 1.32 bits per heavy atom. The van der Waals surface area contributed by atoms with Crippen molar-refractivity contribution >= 4 is 5.69 Å². The lowest BCUT2D eigenvalue weighted by Gasteiger charge is -2.24. The van der Waals surface area contributed by atoms with Gasteiger partial charge in [-0.1, -0.05) is 6.07 Å². The van der Waals surface area contributed by atoms with Gasteiger partial charge in [-0.15, -0.1) is 0 Å². The van der Waals surface area contributed by atoms with Gasteiger partial charge in [0, 0.05) is 24.3 Å². The van der Waals surface area contributed by atoms with Crippen LogP contribution in [-0.4, -0.2) is 14.2 Å². The topological polar surface area (TPSA) is 51.6 Å². The molecule has 19 heavy (non-hydrogen) atoms. The first-order valence-corrected chi connectivity index (χ1v) is 6.29. The van der Waals surface area contributed by atoms with Gasteiger partial charge in [0.2, 0.25) is 0 Å². The smallest absolute Gasteiger partial charge is 0.125 e. The van der Waals surface area contributed by atoms with Crippen molar-refractivity contribution in [3.05, 3.63) is 47.9 Å². The summed E-state index contributed by atoms with van der Waals surface area (Å²) in [6.07, 6.45) is 1.68. The number of methoxy groups -OCH3 is 1. The van der Waals surface area contributed by atoms with Crippen molar-refractivity contribution in [2.24, 2.45) is 5.73 Å². The Morgan fingerprint density at radius 2 is 2.11 bits per heavy atom. The molecule has 2 N–H and O–H groups in total. The Hall–Kier alpha value is -1.94. The molecule has 1 aromatic heterocycles. The number of benzene rings is 1. The molecule has 4 heteroatoms. The van der Waals surface area contributed by atoms with Gasteiger partial charge < -0.3 is 19.8 Å². The van der Waals surface area contributed by atoms with Crippen LogP contribution in [0.4, 0.5) is 5.69 Å². The lowest BCUT2D eigenvalue weighted by Crippen LogP contribution is -2.20. The highest BCUT2D eigenvalue weighted by Crippen LogP contribution is 2.33. The molecular formula is C15H20N2O2. The first-order valence-electron chi connectivity index (χ1n) is 6.29. The summed E-state index contributed by atoms with van der Waals surface area (Å²) in [5, 5.41) is 0. The van der Waals surface area contributed by atoms with Gasteiger partial charge in [0.05, 0.1) is 19.9 Å². The van der Waals surface area contributed by atoms with Crippen molar-refractivity contribution in [2.45, 2.75) is 19.5 Å². The number of ether oxygens (including phenoxy) is 1. The van der Waals surface area contributed by atoms with Gasteiger partial charge >= 0.3 is 0 Å². The lowest BCUT2D eigenvalue weighted by molar-refractivity contribution is 0.407. The zero-order valence-corrected chi connectivity index (χ0v) is 11.6. The summed E-state index contributed by atoms with van der Waals surface area (Å²) in [7, 11) is 3.68. The summed E-state index contributed by atoms with van der Waals surface area (Å²) >= 11 is 0. The van der Waals surface area contributed by atoms with Gasteiger partial charge in [0.25, 0.3) is 0 Å². The van der Waals surface area contributed by atoms with Gasteiger partial charge in [-0.3, -0.25) is 0 Å². The van der Waals surface area contributed by atoms with Crippen LogP contribution in [-0.2, 0) is 6.54 Å².